The highest BCUT2D eigenvalue weighted by atomic mass is 35.5. The quantitative estimate of drug-likeness (QED) is 0.471. The number of sulfonamides is 1. The van der Waals surface area contributed by atoms with Crippen LogP contribution in [-0.4, -0.2) is 100 Å². The van der Waals surface area contributed by atoms with E-state index in [1.54, 1.807) is 31.9 Å². The zero-order valence-electron chi connectivity index (χ0n) is 19.0. The van der Waals surface area contributed by atoms with E-state index < -0.39 is 10.0 Å². The van der Waals surface area contributed by atoms with Crippen LogP contribution in [0.4, 0.5) is 0 Å². The Bertz CT molecular complexity index is 884. The minimum absolute atomic E-state index is 0.0511. The van der Waals surface area contributed by atoms with Crippen LogP contribution in [0.2, 0.25) is 5.02 Å². The third-order valence-corrected chi connectivity index (χ3v) is 7.91. The molecule has 1 aliphatic rings. The predicted molar refractivity (Wildman–Crippen MR) is 123 cm³/mol. The molecular weight excluding hydrogens is 456 g/mol. The maximum absolute atomic E-state index is 13.0. The molecule has 1 heterocycles. The molecule has 32 heavy (non-hydrogen) atoms. The third-order valence-electron chi connectivity index (χ3n) is 5.38. The molecule has 0 atom stereocenters. The summed E-state index contributed by atoms with van der Waals surface area (Å²) in [4.78, 5) is 28.6. The number of halogens is 1. The molecule has 0 bridgehead atoms. The maximum atomic E-state index is 13.0. The zero-order valence-corrected chi connectivity index (χ0v) is 20.5. The lowest BCUT2D eigenvalue weighted by Gasteiger charge is -2.34. The van der Waals surface area contributed by atoms with Gasteiger partial charge >= 0.3 is 0 Å². The van der Waals surface area contributed by atoms with E-state index in [2.05, 4.69) is 5.32 Å². The number of rotatable bonds is 11. The topological polar surface area (TPSA) is 99.3 Å². The molecular formula is C21H33ClN4O5S. The van der Waals surface area contributed by atoms with Crippen LogP contribution in [0.15, 0.2) is 23.1 Å². The summed E-state index contributed by atoms with van der Waals surface area (Å²) in [6.45, 7) is 7.63. The summed E-state index contributed by atoms with van der Waals surface area (Å²) in [5.74, 6) is -0.300. The van der Waals surface area contributed by atoms with Crippen molar-refractivity contribution in [2.24, 2.45) is 0 Å². The Kier molecular flexibility index (Phi) is 10.4. The Morgan fingerprint density at radius 3 is 2.41 bits per heavy atom. The summed E-state index contributed by atoms with van der Waals surface area (Å²) >= 11 is 6.17. The van der Waals surface area contributed by atoms with Crippen molar-refractivity contribution < 1.29 is 22.7 Å². The van der Waals surface area contributed by atoms with Gasteiger partial charge in [-0.05, 0) is 24.6 Å². The number of piperazine rings is 1. The molecule has 1 aliphatic heterocycles. The second-order valence-corrected chi connectivity index (χ2v) is 9.81. The summed E-state index contributed by atoms with van der Waals surface area (Å²) < 4.78 is 32.0. The second kappa shape index (κ2) is 12.5. The third kappa shape index (κ3) is 6.89. The Balaban J connectivity index is 1.98. The summed E-state index contributed by atoms with van der Waals surface area (Å²) in [6, 6.07) is 4.36. The van der Waals surface area contributed by atoms with Gasteiger partial charge in [0.25, 0.3) is 5.91 Å². The molecule has 1 aromatic carbocycles. The van der Waals surface area contributed by atoms with Gasteiger partial charge in [0.15, 0.2) is 0 Å². The monoisotopic (exact) mass is 488 g/mol. The highest BCUT2D eigenvalue weighted by Crippen LogP contribution is 2.26. The number of benzene rings is 1. The van der Waals surface area contributed by atoms with E-state index in [1.807, 2.05) is 4.90 Å². The average Bonchev–Trinajstić information content (AvgIpc) is 2.77. The Morgan fingerprint density at radius 2 is 1.81 bits per heavy atom. The number of methoxy groups -OCH3 is 1. The molecule has 180 valence electrons. The lowest BCUT2D eigenvalue weighted by atomic mass is 10.2. The number of nitrogens with one attached hydrogen (secondary N) is 1. The number of amides is 2. The molecule has 2 rings (SSSR count). The Labute approximate surface area is 195 Å². The molecule has 0 spiro atoms. The van der Waals surface area contributed by atoms with Gasteiger partial charge in [-0.3, -0.25) is 14.5 Å². The van der Waals surface area contributed by atoms with Crippen LogP contribution >= 0.6 is 11.6 Å². The number of ether oxygens (including phenoxy) is 1. The summed E-state index contributed by atoms with van der Waals surface area (Å²) in [5, 5.41) is 2.95. The Hall–Kier alpha value is -1.72. The summed E-state index contributed by atoms with van der Waals surface area (Å²) in [5.41, 5.74) is 0.282. The van der Waals surface area contributed by atoms with Crippen molar-refractivity contribution in [1.29, 1.82) is 0 Å². The highest BCUT2D eigenvalue weighted by Gasteiger charge is 2.28. The lowest BCUT2D eigenvalue weighted by Crippen LogP contribution is -2.51. The van der Waals surface area contributed by atoms with Gasteiger partial charge in [-0.15, -0.1) is 0 Å². The molecule has 1 aromatic rings. The molecule has 0 saturated carbocycles. The van der Waals surface area contributed by atoms with E-state index in [0.717, 1.165) is 6.42 Å². The van der Waals surface area contributed by atoms with Gasteiger partial charge in [0.1, 0.15) is 4.90 Å². The van der Waals surface area contributed by atoms with Crippen LogP contribution in [0.1, 0.15) is 30.6 Å². The second-order valence-electron chi connectivity index (χ2n) is 7.50. The van der Waals surface area contributed by atoms with E-state index in [4.69, 9.17) is 16.3 Å². The number of hydrogen-bond donors (Lipinski definition) is 1. The van der Waals surface area contributed by atoms with Crippen molar-refractivity contribution in [2.75, 3.05) is 66.1 Å². The van der Waals surface area contributed by atoms with Gasteiger partial charge in [0, 0.05) is 65.1 Å². The van der Waals surface area contributed by atoms with Crippen LogP contribution in [0.25, 0.3) is 0 Å². The van der Waals surface area contributed by atoms with Gasteiger partial charge in [-0.25, -0.2) is 8.42 Å². The molecule has 9 nitrogen and oxygen atoms in total. The minimum Gasteiger partial charge on any atom is -0.385 e. The molecule has 0 radical (unpaired) electrons. The fourth-order valence-electron chi connectivity index (χ4n) is 3.53. The van der Waals surface area contributed by atoms with Gasteiger partial charge in [0.2, 0.25) is 15.9 Å². The molecule has 0 aliphatic carbocycles. The first kappa shape index (κ1) is 26.5. The van der Waals surface area contributed by atoms with Gasteiger partial charge in [-0.1, -0.05) is 25.4 Å². The summed E-state index contributed by atoms with van der Waals surface area (Å²) in [6.07, 6.45) is 0.762. The molecule has 11 heteroatoms. The van der Waals surface area contributed by atoms with Crippen LogP contribution in [0.5, 0.6) is 0 Å². The predicted octanol–water partition coefficient (Wildman–Crippen LogP) is 1.28. The van der Waals surface area contributed by atoms with Gasteiger partial charge in [-0.2, -0.15) is 4.31 Å². The van der Waals surface area contributed by atoms with Crippen LogP contribution < -0.4 is 5.32 Å². The Morgan fingerprint density at radius 1 is 1.16 bits per heavy atom. The van der Waals surface area contributed by atoms with Crippen molar-refractivity contribution in [3.63, 3.8) is 0 Å². The van der Waals surface area contributed by atoms with E-state index in [-0.39, 0.29) is 33.8 Å². The van der Waals surface area contributed by atoms with Crippen LogP contribution in [0.3, 0.4) is 0 Å². The first-order chi connectivity index (χ1) is 15.2. The van der Waals surface area contributed by atoms with Crippen molar-refractivity contribution in [1.82, 2.24) is 19.4 Å². The maximum Gasteiger partial charge on any atom is 0.253 e. The van der Waals surface area contributed by atoms with E-state index in [0.29, 0.717) is 52.4 Å². The highest BCUT2D eigenvalue weighted by molar-refractivity contribution is 7.89. The van der Waals surface area contributed by atoms with Gasteiger partial charge in [0.05, 0.1) is 11.6 Å². The smallest absolute Gasteiger partial charge is 0.253 e. The fourth-order valence-corrected chi connectivity index (χ4v) is 5.49. The van der Waals surface area contributed by atoms with E-state index in [9.17, 15) is 18.0 Å². The average molecular weight is 489 g/mol. The number of carbonyl (C=O) groups is 2. The minimum atomic E-state index is -3.78. The number of nitrogens with zero attached hydrogens (tertiary/aromatic N) is 3. The number of carbonyl (C=O) groups excluding carboxylic acids is 2. The molecule has 1 fully saturated rings. The molecule has 0 aromatic heterocycles. The zero-order chi connectivity index (χ0) is 23.7. The molecule has 0 unspecified atom stereocenters. The SMILES string of the molecule is CCN(CC)S(=O)(=O)c1cc(C(=O)N2CCN(CC(=O)NCCCOC)CC2)ccc1Cl. The van der Waals surface area contributed by atoms with Crippen LogP contribution in [0, 0.1) is 0 Å². The normalized spacial score (nSPS) is 15.2. The fraction of sp³-hybridized carbons (Fsp3) is 0.619. The van der Waals surface area contributed by atoms with Gasteiger partial charge < -0.3 is 15.0 Å². The largest absolute Gasteiger partial charge is 0.385 e. The first-order valence-corrected chi connectivity index (χ1v) is 12.6. The van der Waals surface area contributed by atoms with Crippen LogP contribution in [-0.2, 0) is 19.6 Å². The van der Waals surface area contributed by atoms with E-state index >= 15 is 0 Å². The van der Waals surface area contributed by atoms with Crippen molar-refractivity contribution >= 4 is 33.4 Å². The van der Waals surface area contributed by atoms with Crippen molar-refractivity contribution in [2.45, 2.75) is 25.2 Å². The standard InChI is InChI=1S/C21H33ClN4O5S/c1-4-26(5-2)32(29,30)19-15-17(7-8-18(19)22)21(28)25-12-10-24(11-13-25)16-20(27)23-9-6-14-31-3/h7-8,15H,4-6,9-14,16H2,1-3H3,(H,23,27). The first-order valence-electron chi connectivity index (χ1n) is 10.8. The van der Waals surface area contributed by atoms with Crippen molar-refractivity contribution in [3.8, 4) is 0 Å². The molecule has 2 amide bonds. The molecule has 1 N–H and O–H groups in total. The lowest BCUT2D eigenvalue weighted by molar-refractivity contribution is -0.122. The summed E-state index contributed by atoms with van der Waals surface area (Å²) in [7, 11) is -2.16. The molecule has 1 saturated heterocycles. The number of hydrogen-bond acceptors (Lipinski definition) is 6. The van der Waals surface area contributed by atoms with Crippen molar-refractivity contribution in [3.05, 3.63) is 28.8 Å². The van der Waals surface area contributed by atoms with E-state index in [1.165, 1.54) is 16.4 Å².